The van der Waals surface area contributed by atoms with E-state index in [0.29, 0.717) is 30.9 Å². The second kappa shape index (κ2) is 9.77. The van der Waals surface area contributed by atoms with Crippen LogP contribution in [0.25, 0.3) is 10.9 Å². The molecule has 2 N–H and O–H groups in total. The van der Waals surface area contributed by atoms with Crippen LogP contribution in [0.5, 0.6) is 5.75 Å². The summed E-state index contributed by atoms with van der Waals surface area (Å²) in [5.74, 6) is 0.0754. The van der Waals surface area contributed by atoms with Crippen molar-refractivity contribution in [1.82, 2.24) is 9.88 Å². The molecule has 0 spiro atoms. The van der Waals surface area contributed by atoms with Gasteiger partial charge in [-0.1, -0.05) is 0 Å². The molecule has 4 rings (SSSR count). The molecule has 8 nitrogen and oxygen atoms in total. The predicted octanol–water partition coefficient (Wildman–Crippen LogP) is 3.66. The number of nitrogens with one attached hydrogen (secondary N) is 2. The van der Waals surface area contributed by atoms with Gasteiger partial charge in [-0.05, 0) is 49.4 Å². The van der Waals surface area contributed by atoms with E-state index in [1.165, 1.54) is 0 Å². The van der Waals surface area contributed by atoms with Crippen LogP contribution in [0.4, 0.5) is 5.69 Å². The number of hydrogen-bond acceptors (Lipinski definition) is 5. The molecule has 172 valence electrons. The van der Waals surface area contributed by atoms with Gasteiger partial charge in [0.05, 0.1) is 19.3 Å². The number of hydrogen-bond donors (Lipinski definition) is 2. The number of carbonyl (C=O) groups excluding carboxylic acids is 3. The number of nitrogens with zero attached hydrogens (tertiary/aromatic N) is 1. The number of esters is 1. The van der Waals surface area contributed by atoms with Gasteiger partial charge in [0.1, 0.15) is 5.75 Å². The van der Waals surface area contributed by atoms with Gasteiger partial charge in [-0.3, -0.25) is 9.59 Å². The quantitative estimate of drug-likeness (QED) is 0.536. The maximum atomic E-state index is 12.8. The average Bonchev–Trinajstić information content (AvgIpc) is 3.20. The maximum Gasteiger partial charge on any atom is 0.338 e. The van der Waals surface area contributed by atoms with Crippen LogP contribution in [0.3, 0.4) is 0 Å². The van der Waals surface area contributed by atoms with Crippen LogP contribution in [0.2, 0.25) is 0 Å². The smallest absolute Gasteiger partial charge is 0.338 e. The van der Waals surface area contributed by atoms with E-state index in [0.717, 1.165) is 34.3 Å². The molecule has 8 heteroatoms. The number of benzene rings is 2. The number of aromatic nitrogens is 1. The second-order valence-corrected chi connectivity index (χ2v) is 7.90. The van der Waals surface area contributed by atoms with Crippen LogP contribution in [0, 0.1) is 0 Å². The monoisotopic (exact) mass is 449 g/mol. The molecule has 0 fully saturated rings. The molecule has 33 heavy (non-hydrogen) atoms. The summed E-state index contributed by atoms with van der Waals surface area (Å²) in [5.41, 5.74) is 4.27. The van der Waals surface area contributed by atoms with E-state index < -0.39 is 5.97 Å². The molecule has 2 amide bonds. The number of aromatic amines is 1. The van der Waals surface area contributed by atoms with Crippen LogP contribution >= 0.6 is 0 Å². The number of methoxy groups -OCH3 is 1. The molecular weight excluding hydrogens is 422 g/mol. The van der Waals surface area contributed by atoms with Gasteiger partial charge in [-0.15, -0.1) is 0 Å². The fourth-order valence-electron chi connectivity index (χ4n) is 4.04. The molecule has 0 saturated heterocycles. The molecule has 0 bridgehead atoms. The number of carbonyl (C=O) groups is 3. The number of rotatable bonds is 7. The third kappa shape index (κ3) is 5.00. The summed E-state index contributed by atoms with van der Waals surface area (Å²) in [5, 5.41) is 3.83. The average molecular weight is 450 g/mol. The Morgan fingerprint density at radius 2 is 1.88 bits per heavy atom. The van der Waals surface area contributed by atoms with Gasteiger partial charge in [0.25, 0.3) is 0 Å². The number of fused-ring (bicyclic) bond motifs is 3. The van der Waals surface area contributed by atoms with Crippen LogP contribution < -0.4 is 10.1 Å². The highest BCUT2D eigenvalue weighted by atomic mass is 16.5. The van der Waals surface area contributed by atoms with Crippen LogP contribution in [-0.2, 0) is 27.3 Å². The van der Waals surface area contributed by atoms with Gasteiger partial charge in [0, 0.05) is 60.2 Å². The lowest BCUT2D eigenvalue weighted by molar-refractivity contribution is -0.133. The molecule has 1 aliphatic rings. The largest absolute Gasteiger partial charge is 0.497 e. The third-order valence-electron chi connectivity index (χ3n) is 5.78. The van der Waals surface area contributed by atoms with Crippen molar-refractivity contribution >= 4 is 34.4 Å². The van der Waals surface area contributed by atoms with Crippen LogP contribution in [0.1, 0.15) is 41.4 Å². The summed E-state index contributed by atoms with van der Waals surface area (Å²) >= 11 is 0. The zero-order valence-corrected chi connectivity index (χ0v) is 18.8. The lowest BCUT2D eigenvalue weighted by atomic mass is 10.0. The van der Waals surface area contributed by atoms with Gasteiger partial charge in [0.15, 0.2) is 0 Å². The van der Waals surface area contributed by atoms with Gasteiger partial charge in [-0.25, -0.2) is 4.79 Å². The fraction of sp³-hybridized carbons (Fsp3) is 0.320. The number of amides is 2. The van der Waals surface area contributed by atoms with E-state index in [4.69, 9.17) is 9.47 Å². The minimum atomic E-state index is -0.403. The molecule has 0 radical (unpaired) electrons. The maximum absolute atomic E-state index is 12.8. The second-order valence-electron chi connectivity index (χ2n) is 7.90. The topological polar surface area (TPSA) is 101 Å². The standard InChI is InChI=1S/C25H27N3O5/c1-3-33-25(31)16-4-6-17(7-5-16)26-23(29)10-11-24(30)28-13-12-22-20(15-28)19-14-18(32-2)8-9-21(19)27-22/h4-9,14,27H,3,10-13,15H2,1-2H3,(H,26,29). The number of anilines is 1. The summed E-state index contributed by atoms with van der Waals surface area (Å²) < 4.78 is 10.3. The Balaban J connectivity index is 1.32. The van der Waals surface area contributed by atoms with Crippen molar-refractivity contribution in [1.29, 1.82) is 0 Å². The zero-order chi connectivity index (χ0) is 23.4. The Labute approximate surface area is 191 Å². The molecule has 0 saturated carbocycles. The first-order chi connectivity index (χ1) is 16.0. The van der Waals surface area contributed by atoms with Crippen molar-refractivity contribution in [2.75, 3.05) is 25.6 Å². The van der Waals surface area contributed by atoms with E-state index in [1.807, 2.05) is 18.2 Å². The summed E-state index contributed by atoms with van der Waals surface area (Å²) in [6.07, 6.45) is 0.967. The molecule has 0 aliphatic carbocycles. The Bertz CT molecular complexity index is 1180. The summed E-state index contributed by atoms with van der Waals surface area (Å²) in [7, 11) is 1.63. The first-order valence-electron chi connectivity index (χ1n) is 11.0. The van der Waals surface area contributed by atoms with Gasteiger partial charge < -0.3 is 24.7 Å². The van der Waals surface area contributed by atoms with Crippen molar-refractivity contribution in [2.45, 2.75) is 32.7 Å². The Hall–Kier alpha value is -3.81. The van der Waals surface area contributed by atoms with E-state index in [9.17, 15) is 14.4 Å². The van der Waals surface area contributed by atoms with Crippen LogP contribution in [0.15, 0.2) is 42.5 Å². The predicted molar refractivity (Wildman–Crippen MR) is 124 cm³/mol. The minimum absolute atomic E-state index is 0.0503. The Kier molecular flexibility index (Phi) is 6.63. The first kappa shape index (κ1) is 22.4. The first-order valence-corrected chi connectivity index (χ1v) is 11.0. The third-order valence-corrected chi connectivity index (χ3v) is 5.78. The van der Waals surface area contributed by atoms with E-state index in [1.54, 1.807) is 43.2 Å². The molecule has 2 heterocycles. The SMILES string of the molecule is CCOC(=O)c1ccc(NC(=O)CCC(=O)N2CCc3[nH]c4ccc(OC)cc4c3C2)cc1. The highest BCUT2D eigenvalue weighted by Gasteiger charge is 2.24. The molecule has 2 aromatic carbocycles. The van der Waals surface area contributed by atoms with Gasteiger partial charge >= 0.3 is 5.97 Å². The Morgan fingerprint density at radius 1 is 1.09 bits per heavy atom. The van der Waals surface area contributed by atoms with Crippen molar-refractivity contribution in [3.63, 3.8) is 0 Å². The molecule has 0 atom stereocenters. The van der Waals surface area contributed by atoms with Crippen LogP contribution in [-0.4, -0.2) is 47.9 Å². The minimum Gasteiger partial charge on any atom is -0.497 e. The molecule has 1 aliphatic heterocycles. The molecule has 0 unspecified atom stereocenters. The van der Waals surface area contributed by atoms with E-state index in [2.05, 4.69) is 10.3 Å². The zero-order valence-electron chi connectivity index (χ0n) is 18.8. The number of H-pyrrole nitrogens is 1. The van der Waals surface area contributed by atoms with E-state index >= 15 is 0 Å². The molecular formula is C25H27N3O5. The van der Waals surface area contributed by atoms with Crippen molar-refractivity contribution in [3.05, 3.63) is 59.3 Å². The lowest BCUT2D eigenvalue weighted by Crippen LogP contribution is -2.36. The van der Waals surface area contributed by atoms with Gasteiger partial charge in [0.2, 0.25) is 11.8 Å². The molecule has 1 aromatic heterocycles. The summed E-state index contributed by atoms with van der Waals surface area (Å²) in [6.45, 7) is 3.18. The van der Waals surface area contributed by atoms with Crippen molar-refractivity contribution in [2.24, 2.45) is 0 Å². The fourth-order valence-corrected chi connectivity index (χ4v) is 4.04. The highest BCUT2D eigenvalue weighted by molar-refractivity contribution is 5.95. The Morgan fingerprint density at radius 3 is 2.61 bits per heavy atom. The summed E-state index contributed by atoms with van der Waals surface area (Å²) in [4.78, 5) is 42.1. The summed E-state index contributed by atoms with van der Waals surface area (Å²) in [6, 6.07) is 12.4. The van der Waals surface area contributed by atoms with E-state index in [-0.39, 0.29) is 24.7 Å². The lowest BCUT2D eigenvalue weighted by Gasteiger charge is -2.27. The van der Waals surface area contributed by atoms with Gasteiger partial charge in [-0.2, -0.15) is 0 Å². The van der Waals surface area contributed by atoms with Crippen molar-refractivity contribution in [3.8, 4) is 5.75 Å². The van der Waals surface area contributed by atoms with Crippen molar-refractivity contribution < 1.29 is 23.9 Å². The highest BCUT2D eigenvalue weighted by Crippen LogP contribution is 2.30. The normalized spacial score (nSPS) is 12.8. The number of ether oxygens (including phenoxy) is 2. The molecule has 3 aromatic rings.